The lowest BCUT2D eigenvalue weighted by Gasteiger charge is -2.37. The van der Waals surface area contributed by atoms with Crippen LogP contribution in [-0.2, 0) is 38.4 Å². The van der Waals surface area contributed by atoms with Crippen molar-refractivity contribution in [3.8, 4) is 0 Å². The van der Waals surface area contributed by atoms with Gasteiger partial charge in [-0.15, -0.1) is 0 Å². The normalized spacial score (nSPS) is 26.6. The van der Waals surface area contributed by atoms with E-state index in [0.717, 1.165) is 103 Å². The van der Waals surface area contributed by atoms with E-state index in [1.165, 1.54) is 37.2 Å². The maximum atomic E-state index is 14.4. The van der Waals surface area contributed by atoms with E-state index in [1.807, 2.05) is 48.5 Å². The van der Waals surface area contributed by atoms with Crippen LogP contribution in [0.5, 0.6) is 0 Å². The zero-order valence-corrected chi connectivity index (χ0v) is 59.4. The van der Waals surface area contributed by atoms with Crippen LogP contribution in [0.3, 0.4) is 0 Å². The number of aromatic nitrogens is 4. The maximum Gasteiger partial charge on any atom is 0.307 e. The molecule has 8 aliphatic rings. The summed E-state index contributed by atoms with van der Waals surface area (Å²) in [6.07, 6.45) is 22.0. The van der Waals surface area contributed by atoms with Crippen LogP contribution < -0.4 is 55.4 Å². The number of halogens is 1. The summed E-state index contributed by atoms with van der Waals surface area (Å²) < 4.78 is 0. The number of nitrogens with one attached hydrogen (secondary N) is 7. The van der Waals surface area contributed by atoms with Crippen LogP contribution in [0.25, 0.3) is 0 Å². The number of carbonyl (C=O) groups is 10. The molecule has 25 nitrogen and oxygen atoms in total. The molecule has 26 heteroatoms. The molecule has 2 aromatic heterocycles. The molecule has 97 heavy (non-hydrogen) atoms. The van der Waals surface area contributed by atoms with Crippen LogP contribution in [0.4, 0.5) is 0 Å². The second-order valence-electron chi connectivity index (χ2n) is 32.1. The standard InChI is InChI=1S/C34H50N6O6.C28H40N4O5.C9H18N2O2.ClH/c1-33(2,3)28(40-32(46)26(18-9-7-6-8-10-18)39-29(43)22-16-35-13-14-36-22)27(42)20-15-21-25(34(21,4)5)24(20)31(45)37-17-23(41)30(44)38-19-11-12-19;1-27(2,3)23(22(33)16-13-17-20(28(17,4)5)19(16)26(36)37)32-25(35)21(15-9-7-6-8-10-15)31-24(34)18-14-29-11-12-30-18;1-2-3-7(10)8(12)9(13)11-6-4-5-6;/h13-14,16,18-21,23-26,28,41H,6-12,15,17H2,1-5H3,(H,37,45)(H,38,44)(H,39,43)(H,40,46);11-12,14-17,19-21,23H,6-10,13H2,1-5H3,(H,31,34)(H,32,35)(H,36,37);6-8,12H,2-5,10H2,1H3,(H,11,13);1H/t20?,21-,23?,24-,25-,26-,28+;16?,17-,19-,20-,21-,23+;7-,8?;/m000./s1. The Labute approximate surface area is 577 Å². The number of fused-ring (bicyclic) bond motifs is 2. The fourth-order valence-corrected chi connectivity index (χ4v) is 16.0. The number of aliphatic hydroxyl groups is 2. The van der Waals surface area contributed by atoms with Crippen molar-refractivity contribution in [3.63, 3.8) is 0 Å². The Morgan fingerprint density at radius 3 is 1.34 bits per heavy atom. The van der Waals surface area contributed by atoms with Crippen molar-refractivity contribution in [2.75, 3.05) is 6.54 Å². The summed E-state index contributed by atoms with van der Waals surface area (Å²) in [4.78, 5) is 148. The number of aliphatic carboxylic acids is 1. The summed E-state index contributed by atoms with van der Waals surface area (Å²) in [5.74, 6) is -6.75. The van der Waals surface area contributed by atoms with Gasteiger partial charge in [-0.25, -0.2) is 9.97 Å². The lowest BCUT2D eigenvalue weighted by Crippen LogP contribution is -3.00. The molecule has 8 saturated carbocycles. The third-order valence-electron chi connectivity index (χ3n) is 22.1. The van der Waals surface area contributed by atoms with Gasteiger partial charge in [0.15, 0.2) is 17.7 Å². The molecule has 15 atom stereocenters. The molecule has 0 radical (unpaired) electrons. The molecular formula is C71H109ClN12O13. The highest BCUT2D eigenvalue weighted by molar-refractivity contribution is 6.00. The highest BCUT2D eigenvalue weighted by Crippen LogP contribution is 2.72. The zero-order valence-electron chi connectivity index (χ0n) is 58.7. The molecule has 0 aliphatic heterocycles. The second kappa shape index (κ2) is 32.6. The van der Waals surface area contributed by atoms with Gasteiger partial charge in [-0.3, -0.25) is 57.9 Å². The molecule has 0 saturated heterocycles. The van der Waals surface area contributed by atoms with E-state index < -0.39 is 106 Å². The smallest absolute Gasteiger partial charge is 0.307 e. The van der Waals surface area contributed by atoms with E-state index in [-0.39, 0.29) is 112 Å². The minimum Gasteiger partial charge on any atom is -1.00 e. The van der Waals surface area contributed by atoms with Gasteiger partial charge in [0.05, 0.1) is 42.9 Å². The van der Waals surface area contributed by atoms with E-state index >= 15 is 0 Å². The van der Waals surface area contributed by atoms with E-state index in [2.05, 4.69) is 90.6 Å². The predicted octanol–water partition coefficient (Wildman–Crippen LogP) is 1.21. The van der Waals surface area contributed by atoms with Crippen LogP contribution in [0.15, 0.2) is 37.2 Å². The van der Waals surface area contributed by atoms with Crippen molar-refractivity contribution in [1.82, 2.24) is 57.2 Å². The van der Waals surface area contributed by atoms with E-state index in [4.69, 9.17) is 0 Å². The van der Waals surface area contributed by atoms with Crippen LogP contribution in [0.2, 0.25) is 0 Å². The lowest BCUT2D eigenvalue weighted by molar-refractivity contribution is -0.434. The number of carbonyl (C=O) groups excluding carboxylic acids is 9. The summed E-state index contributed by atoms with van der Waals surface area (Å²) >= 11 is 0. The van der Waals surface area contributed by atoms with Crippen LogP contribution >= 0.6 is 0 Å². The first-order chi connectivity index (χ1) is 45.2. The molecule has 0 aromatic carbocycles. The topological polar surface area (TPSA) is 395 Å². The first-order valence-electron chi connectivity index (χ1n) is 35.3. The molecule has 13 N–H and O–H groups in total. The van der Waals surface area contributed by atoms with Crippen LogP contribution in [-0.4, -0.2) is 155 Å². The summed E-state index contributed by atoms with van der Waals surface area (Å²) in [7, 11) is 0. The average Bonchev–Trinajstić information content (AvgIpc) is 1.53. The Balaban J connectivity index is 0.000000232. The van der Waals surface area contributed by atoms with Crippen molar-refractivity contribution in [2.45, 2.75) is 246 Å². The quantitative estimate of drug-likeness (QED) is 0.0665. The monoisotopic (exact) mass is 1370 g/mol. The van der Waals surface area contributed by atoms with Gasteiger partial charge in [0.25, 0.3) is 23.6 Å². The number of aliphatic hydroxyl groups excluding tert-OH is 2. The van der Waals surface area contributed by atoms with Crippen LogP contribution in [0.1, 0.15) is 213 Å². The number of ketones is 2. The van der Waals surface area contributed by atoms with Crippen molar-refractivity contribution in [3.05, 3.63) is 48.6 Å². The van der Waals surface area contributed by atoms with Gasteiger partial charge in [-0.05, 0) is 121 Å². The summed E-state index contributed by atoms with van der Waals surface area (Å²) in [6.45, 7) is 21.4. The summed E-state index contributed by atoms with van der Waals surface area (Å²) in [6, 6.07) is -3.23. The van der Waals surface area contributed by atoms with Gasteiger partial charge in [0, 0.05) is 55.1 Å². The van der Waals surface area contributed by atoms with E-state index in [1.54, 1.807) is 0 Å². The minimum absolute atomic E-state index is 0. The Morgan fingerprint density at radius 2 is 0.969 bits per heavy atom. The van der Waals surface area contributed by atoms with E-state index in [0.29, 0.717) is 18.9 Å². The Kier molecular flexibility index (Phi) is 26.2. The molecule has 4 unspecified atom stereocenters. The van der Waals surface area contributed by atoms with Gasteiger partial charge in [0.1, 0.15) is 35.6 Å². The number of amides is 7. The molecule has 0 spiro atoms. The number of Topliss-reactive ketones (excluding diaryl/α,β-unsaturated/α-hetero) is 2. The highest BCUT2D eigenvalue weighted by atomic mass is 35.5. The predicted molar refractivity (Wildman–Crippen MR) is 354 cm³/mol. The molecule has 538 valence electrons. The Hall–Kier alpha value is -6.57. The fourth-order valence-electron chi connectivity index (χ4n) is 16.0. The van der Waals surface area contributed by atoms with Gasteiger partial charge >= 0.3 is 5.97 Å². The average molecular weight is 1370 g/mol. The van der Waals surface area contributed by atoms with Crippen molar-refractivity contribution in [2.24, 2.45) is 80.8 Å². The number of carboxylic acid groups (broad SMARTS) is 1. The number of quaternary nitrogens is 1. The zero-order chi connectivity index (χ0) is 70.4. The molecule has 2 aromatic rings. The molecule has 10 rings (SSSR count). The number of hydrogen-bond donors (Lipinski definition) is 11. The number of rotatable bonds is 25. The number of carboxylic acids is 1. The van der Waals surface area contributed by atoms with Crippen molar-refractivity contribution >= 4 is 58.9 Å². The number of hydrogen-bond acceptors (Lipinski definition) is 16. The maximum absolute atomic E-state index is 14.4. The largest absolute Gasteiger partial charge is 1.00 e. The lowest BCUT2D eigenvalue weighted by atomic mass is 9.73. The third-order valence-corrected chi connectivity index (χ3v) is 22.1. The summed E-state index contributed by atoms with van der Waals surface area (Å²) in [5.41, 5.74) is 2.49. The molecule has 8 fully saturated rings. The molecule has 2 heterocycles. The Bertz CT molecular complexity index is 3110. The van der Waals surface area contributed by atoms with Gasteiger partial charge < -0.3 is 70.7 Å². The first-order valence-corrected chi connectivity index (χ1v) is 35.3. The molecule has 8 aliphatic carbocycles. The molecule has 0 bridgehead atoms. The fraction of sp³-hybridized carbons (Fsp3) is 0.746. The van der Waals surface area contributed by atoms with E-state index in [9.17, 15) is 63.3 Å². The van der Waals surface area contributed by atoms with Crippen molar-refractivity contribution in [1.29, 1.82) is 0 Å². The van der Waals surface area contributed by atoms with Gasteiger partial charge in [0.2, 0.25) is 17.7 Å². The third kappa shape index (κ3) is 19.5. The molecular weight excluding hydrogens is 1260 g/mol. The van der Waals surface area contributed by atoms with Gasteiger partial charge in [-0.1, -0.05) is 121 Å². The highest BCUT2D eigenvalue weighted by Gasteiger charge is 2.71. The first kappa shape index (κ1) is 77.8. The minimum atomic E-state index is -1.38. The molecule has 7 amide bonds. The van der Waals surface area contributed by atoms with Crippen molar-refractivity contribution < 1.29 is 81.4 Å². The van der Waals surface area contributed by atoms with Crippen LogP contribution in [0, 0.1) is 80.8 Å². The summed E-state index contributed by atoms with van der Waals surface area (Å²) in [5, 5.41) is 49.9. The SMILES string of the molecule is CC(C)(C)[C@H](NC(=O)[C@@H](NC(=O)c1cnccn1)C1CCCCC1)C(=O)C1C[C@H]2[C@@H]([C@H]1C(=O)NCC(O)C(=O)NC1CC1)C2(C)C.CC(C)(C)[C@H](NC(=O)[C@@H](NC(=O)c1cnccn1)C1CCCCC1)C(=O)C1C[C@H]2[C@@H]([C@H]1C(=O)O)C2(C)C.CCC[C@H]([NH3+])C(O)C(=O)NC1CC1.[Cl-]. The number of nitrogens with zero attached hydrogens (tertiary/aromatic N) is 4. The Morgan fingerprint density at radius 1 is 0.567 bits per heavy atom. The second-order valence-corrected chi connectivity index (χ2v) is 32.1. The van der Waals surface area contributed by atoms with Gasteiger partial charge in [-0.2, -0.15) is 0 Å².